The molecule has 1 fully saturated rings. The second kappa shape index (κ2) is 9.94. The number of rotatable bonds is 6. The van der Waals surface area contributed by atoms with Crippen LogP contribution in [0.2, 0.25) is 0 Å². The van der Waals surface area contributed by atoms with E-state index in [1.165, 1.54) is 9.47 Å². The van der Waals surface area contributed by atoms with E-state index < -0.39 is 76.4 Å². The fourth-order valence-electron chi connectivity index (χ4n) is 4.70. The Hall–Kier alpha value is -3.38. The number of aliphatic hydroxyl groups is 1. The minimum Gasteiger partial charge on any atom is -0.503 e. The van der Waals surface area contributed by atoms with Crippen LogP contribution < -0.4 is 10.7 Å². The van der Waals surface area contributed by atoms with Crippen molar-refractivity contribution in [3.8, 4) is 5.75 Å². The Balaban J connectivity index is 1.72. The number of carbonyl (C=O) groups excluding carboxylic acids is 2. The number of amides is 2. The number of halogens is 3. The maximum Gasteiger partial charge on any atom is 0.274 e. The highest BCUT2D eigenvalue weighted by atomic mass is 19.1. The Morgan fingerprint density at radius 1 is 1.22 bits per heavy atom. The van der Waals surface area contributed by atoms with E-state index in [2.05, 4.69) is 5.32 Å². The molecule has 2 aliphatic rings. The smallest absolute Gasteiger partial charge is 0.274 e. The lowest BCUT2D eigenvalue weighted by atomic mass is 10.0. The number of aromatic nitrogens is 1. The summed E-state index contributed by atoms with van der Waals surface area (Å²) in [7, 11) is 0. The molecule has 4 unspecified atom stereocenters. The molecule has 0 saturated carbocycles. The molecule has 2 aromatic rings. The first-order valence-electron chi connectivity index (χ1n) is 11.5. The van der Waals surface area contributed by atoms with Crippen LogP contribution >= 0.6 is 0 Å². The standard InChI is InChI=1S/C24H26F3N3O6/c1-11-3-4-19(36-12(2)10-31)18-9-29(11)24(35)20-22(33)21(32)15(8-30(18)20)23(34)28-7-14-16(26)5-13(25)6-17(14)27/h5-6,8,11-12,18-19,31,33H,3-4,7,9-10H2,1-2H3,(H,28,34). The predicted octanol–water partition coefficient (Wildman–Crippen LogP) is 1.85. The van der Waals surface area contributed by atoms with Gasteiger partial charge < -0.3 is 29.7 Å². The number of carbonyl (C=O) groups is 2. The number of ether oxygens (including phenoxy) is 1. The Morgan fingerprint density at radius 3 is 2.53 bits per heavy atom. The van der Waals surface area contributed by atoms with Crippen LogP contribution in [0, 0.1) is 17.5 Å². The summed E-state index contributed by atoms with van der Waals surface area (Å²) in [6, 6.07) is 0.135. The molecule has 3 heterocycles. The van der Waals surface area contributed by atoms with E-state index in [0.717, 1.165) is 6.20 Å². The average molecular weight is 509 g/mol. The fourth-order valence-corrected chi connectivity index (χ4v) is 4.70. The second-order valence-electron chi connectivity index (χ2n) is 9.13. The monoisotopic (exact) mass is 509 g/mol. The van der Waals surface area contributed by atoms with E-state index in [9.17, 15) is 37.8 Å². The molecule has 2 aliphatic heterocycles. The first kappa shape index (κ1) is 25.7. The van der Waals surface area contributed by atoms with Gasteiger partial charge in [-0.1, -0.05) is 0 Å². The Morgan fingerprint density at radius 2 is 1.89 bits per heavy atom. The van der Waals surface area contributed by atoms with Gasteiger partial charge in [-0.3, -0.25) is 14.4 Å². The zero-order chi connectivity index (χ0) is 26.3. The number of benzene rings is 1. The van der Waals surface area contributed by atoms with Crippen molar-refractivity contribution in [3.63, 3.8) is 0 Å². The van der Waals surface area contributed by atoms with Gasteiger partial charge in [0.25, 0.3) is 11.8 Å². The molecule has 4 rings (SSSR count). The van der Waals surface area contributed by atoms with Crippen LogP contribution in [0.1, 0.15) is 59.1 Å². The largest absolute Gasteiger partial charge is 0.503 e. The van der Waals surface area contributed by atoms with Crippen LogP contribution in [0.15, 0.2) is 23.1 Å². The lowest BCUT2D eigenvalue weighted by Crippen LogP contribution is -2.49. The van der Waals surface area contributed by atoms with Gasteiger partial charge in [0.1, 0.15) is 23.0 Å². The number of nitrogens with one attached hydrogen (secondary N) is 1. The van der Waals surface area contributed by atoms with Gasteiger partial charge in [0.05, 0.1) is 24.9 Å². The number of fused-ring (bicyclic) bond motifs is 4. The summed E-state index contributed by atoms with van der Waals surface area (Å²) in [6.07, 6.45) is 1.18. The van der Waals surface area contributed by atoms with Crippen molar-refractivity contribution in [2.75, 3.05) is 13.2 Å². The van der Waals surface area contributed by atoms with Gasteiger partial charge in [0.2, 0.25) is 5.43 Å². The predicted molar refractivity (Wildman–Crippen MR) is 120 cm³/mol. The molecule has 0 aliphatic carbocycles. The summed E-state index contributed by atoms with van der Waals surface area (Å²) in [5.41, 5.74) is -2.57. The molecule has 0 spiro atoms. The van der Waals surface area contributed by atoms with Crippen molar-refractivity contribution < 1.29 is 37.7 Å². The van der Waals surface area contributed by atoms with Gasteiger partial charge in [-0.15, -0.1) is 0 Å². The van der Waals surface area contributed by atoms with Gasteiger partial charge >= 0.3 is 0 Å². The van der Waals surface area contributed by atoms with Crippen LogP contribution in [-0.4, -0.2) is 62.9 Å². The number of hydrogen-bond donors (Lipinski definition) is 3. The van der Waals surface area contributed by atoms with Gasteiger partial charge in [0, 0.05) is 43.0 Å². The first-order chi connectivity index (χ1) is 17.0. The van der Waals surface area contributed by atoms with E-state index in [0.29, 0.717) is 25.0 Å². The van der Waals surface area contributed by atoms with Crippen LogP contribution in [0.5, 0.6) is 5.75 Å². The van der Waals surface area contributed by atoms with E-state index >= 15 is 0 Å². The average Bonchev–Trinajstić information content (AvgIpc) is 2.96. The van der Waals surface area contributed by atoms with Crippen molar-refractivity contribution in [2.24, 2.45) is 0 Å². The maximum atomic E-state index is 14.0. The molecule has 1 aromatic heterocycles. The molecule has 36 heavy (non-hydrogen) atoms. The van der Waals surface area contributed by atoms with Crippen LogP contribution in [0.3, 0.4) is 0 Å². The summed E-state index contributed by atoms with van der Waals surface area (Å²) < 4.78 is 48.4. The summed E-state index contributed by atoms with van der Waals surface area (Å²) in [4.78, 5) is 40.4. The lowest BCUT2D eigenvalue weighted by Gasteiger charge is -2.39. The number of pyridine rings is 1. The molecule has 4 atom stereocenters. The molecule has 2 amide bonds. The van der Waals surface area contributed by atoms with Gasteiger partial charge in [-0.05, 0) is 26.7 Å². The third-order valence-corrected chi connectivity index (χ3v) is 6.69. The van der Waals surface area contributed by atoms with Gasteiger partial charge in [0.15, 0.2) is 11.4 Å². The summed E-state index contributed by atoms with van der Waals surface area (Å²) in [5.74, 6) is -6.10. The Bertz CT molecular complexity index is 1240. The molecule has 1 saturated heterocycles. The van der Waals surface area contributed by atoms with Crippen molar-refractivity contribution in [1.82, 2.24) is 14.8 Å². The summed E-state index contributed by atoms with van der Waals surface area (Å²) in [5, 5.41) is 22.3. The van der Waals surface area contributed by atoms with E-state index in [1.807, 2.05) is 6.92 Å². The number of aliphatic hydroxyl groups excluding tert-OH is 1. The van der Waals surface area contributed by atoms with E-state index in [1.54, 1.807) is 6.92 Å². The summed E-state index contributed by atoms with van der Waals surface area (Å²) in [6.45, 7) is 2.77. The minimum absolute atomic E-state index is 0.186. The highest BCUT2D eigenvalue weighted by molar-refractivity contribution is 5.99. The second-order valence-corrected chi connectivity index (χ2v) is 9.13. The van der Waals surface area contributed by atoms with Gasteiger partial charge in [-0.2, -0.15) is 0 Å². The van der Waals surface area contributed by atoms with E-state index in [4.69, 9.17) is 4.74 Å². The Labute approximate surface area is 204 Å². The third kappa shape index (κ3) is 4.58. The first-order valence-corrected chi connectivity index (χ1v) is 11.5. The number of hydrogen-bond acceptors (Lipinski definition) is 6. The SMILES string of the molecule is CC(CO)OC1CCC(C)N2CC1n1cc(C(=O)NCc3c(F)cc(F)cc3F)c(=O)c(O)c1C2=O. The summed E-state index contributed by atoms with van der Waals surface area (Å²) >= 11 is 0. The Kier molecular flexibility index (Phi) is 7.10. The minimum atomic E-state index is -1.21. The van der Waals surface area contributed by atoms with Crippen molar-refractivity contribution in [2.45, 2.75) is 57.5 Å². The molecule has 12 heteroatoms. The molecular formula is C24H26F3N3O6. The van der Waals surface area contributed by atoms with Crippen LogP contribution in [0.25, 0.3) is 0 Å². The van der Waals surface area contributed by atoms with Crippen molar-refractivity contribution in [1.29, 1.82) is 0 Å². The van der Waals surface area contributed by atoms with Crippen molar-refractivity contribution >= 4 is 11.8 Å². The lowest BCUT2D eigenvalue weighted by molar-refractivity contribution is -0.0565. The molecule has 2 bridgehead atoms. The molecule has 194 valence electrons. The number of nitrogens with zero attached hydrogens (tertiary/aromatic N) is 2. The van der Waals surface area contributed by atoms with E-state index in [-0.39, 0.29) is 24.9 Å². The molecule has 9 nitrogen and oxygen atoms in total. The molecule has 1 aromatic carbocycles. The zero-order valence-electron chi connectivity index (χ0n) is 19.6. The van der Waals surface area contributed by atoms with Crippen LogP contribution in [0.4, 0.5) is 13.2 Å². The maximum absolute atomic E-state index is 14.0. The zero-order valence-corrected chi connectivity index (χ0v) is 19.6. The van der Waals surface area contributed by atoms with Crippen molar-refractivity contribution in [3.05, 3.63) is 62.8 Å². The normalized spacial score (nSPS) is 22.1. The highest BCUT2D eigenvalue weighted by Gasteiger charge is 2.43. The quantitative estimate of drug-likeness (QED) is 0.547. The van der Waals surface area contributed by atoms with Gasteiger partial charge in [-0.25, -0.2) is 13.2 Å². The topological polar surface area (TPSA) is 121 Å². The highest BCUT2D eigenvalue weighted by Crippen LogP contribution is 2.36. The number of aromatic hydroxyl groups is 1. The third-order valence-electron chi connectivity index (χ3n) is 6.69. The fraction of sp³-hybridized carbons (Fsp3) is 0.458. The molecular weight excluding hydrogens is 483 g/mol. The molecule has 3 N–H and O–H groups in total. The molecule has 0 radical (unpaired) electrons. The van der Waals surface area contributed by atoms with Crippen LogP contribution in [-0.2, 0) is 11.3 Å².